The van der Waals surface area contributed by atoms with Crippen molar-refractivity contribution in [2.45, 2.75) is 86.5 Å². The molecule has 14 N–H and O–H groups in total. The summed E-state index contributed by atoms with van der Waals surface area (Å²) in [6.45, 7) is -0.161. The number of nitrogens with one attached hydrogen (secondary N) is 5. The van der Waals surface area contributed by atoms with Crippen LogP contribution in [0.25, 0.3) is 0 Å². The molecule has 1 fully saturated rings. The lowest BCUT2D eigenvalue weighted by atomic mass is 9.76. The number of thioether (sulfide) groups is 2. The number of hydrogen-bond donors (Lipinski definition) is 12. The van der Waals surface area contributed by atoms with Crippen LogP contribution in [0.5, 0.6) is 11.6 Å². The third-order valence-corrected chi connectivity index (χ3v) is 12.8. The summed E-state index contributed by atoms with van der Waals surface area (Å²) < 4.78 is 5.20. The molecule has 362 valence electrons. The molecule has 0 bridgehead atoms. The van der Waals surface area contributed by atoms with Crippen molar-refractivity contribution in [3.05, 3.63) is 40.0 Å². The molecule has 2 aromatic rings. The maximum Gasteiger partial charge on any atom is 0.322 e. The summed E-state index contributed by atoms with van der Waals surface area (Å²) in [5, 5.41) is 54.2. The van der Waals surface area contributed by atoms with Crippen LogP contribution in [-0.4, -0.2) is 155 Å². The van der Waals surface area contributed by atoms with E-state index in [4.69, 9.17) is 26.4 Å². The van der Waals surface area contributed by atoms with Crippen molar-refractivity contribution >= 4 is 76.8 Å². The fraction of sp³-hybridized carbons (Fsp3) is 0.553. The van der Waals surface area contributed by atoms with Gasteiger partial charge in [-0.3, -0.25) is 47.9 Å². The second kappa shape index (κ2) is 25.9. The zero-order valence-corrected chi connectivity index (χ0v) is 37.2. The van der Waals surface area contributed by atoms with Crippen LogP contribution in [-0.2, 0) is 43.2 Å². The molecule has 28 heteroatoms. The first-order valence-electron chi connectivity index (χ1n) is 20.1. The summed E-state index contributed by atoms with van der Waals surface area (Å²) in [6, 6.07) is -4.56. The number of ether oxygens (including phenoxy) is 1. The second-order valence-corrected chi connectivity index (χ2v) is 17.2. The smallest absolute Gasteiger partial charge is 0.322 e. The molecule has 1 saturated carbocycles. The van der Waals surface area contributed by atoms with Crippen LogP contribution >= 0.6 is 23.5 Å². The number of carboxylic acids is 4. The minimum Gasteiger partial charge on any atom is -0.502 e. The van der Waals surface area contributed by atoms with Gasteiger partial charge in [-0.15, -0.1) is 23.5 Å². The number of aryl methyl sites for hydroxylation is 1. The van der Waals surface area contributed by atoms with Crippen LogP contribution in [0.15, 0.2) is 17.1 Å². The first kappa shape index (κ1) is 53.9. The van der Waals surface area contributed by atoms with E-state index < -0.39 is 137 Å². The zero-order valence-electron chi connectivity index (χ0n) is 35.6. The fourth-order valence-electron chi connectivity index (χ4n) is 6.60. The van der Waals surface area contributed by atoms with Crippen molar-refractivity contribution in [2.24, 2.45) is 23.3 Å². The molecule has 2 aromatic heterocycles. The Morgan fingerprint density at radius 2 is 1.29 bits per heavy atom. The van der Waals surface area contributed by atoms with E-state index in [1.807, 2.05) is 0 Å². The van der Waals surface area contributed by atoms with Gasteiger partial charge >= 0.3 is 23.9 Å². The summed E-state index contributed by atoms with van der Waals surface area (Å²) in [5.41, 5.74) is 10.6. The van der Waals surface area contributed by atoms with Gasteiger partial charge in [0.25, 0.3) is 11.4 Å². The van der Waals surface area contributed by atoms with Gasteiger partial charge in [-0.1, -0.05) is 6.42 Å². The van der Waals surface area contributed by atoms with E-state index >= 15 is 0 Å². The van der Waals surface area contributed by atoms with Gasteiger partial charge in [0.1, 0.15) is 54.7 Å². The average Bonchev–Trinajstić information content (AvgIpc) is 3.25. The van der Waals surface area contributed by atoms with Crippen LogP contribution in [0.3, 0.4) is 0 Å². The largest absolute Gasteiger partial charge is 0.502 e. The number of nitrogens with zero attached hydrogens (tertiary/aromatic N) is 3. The molecule has 1 aliphatic carbocycles. The molecule has 3 rings (SSSR count). The molecule has 0 aliphatic heterocycles. The number of hydrogen-bond acceptors (Lipinski definition) is 19. The predicted octanol–water partition coefficient (Wildman–Crippen LogP) is -2.43. The maximum atomic E-state index is 15.0. The molecule has 8 atom stereocenters. The third-order valence-electron chi connectivity index (χ3n) is 9.88. The standard InChI is InChI=1S/C38H52N10O16S2/c1-16-44-21(10-27(52)45-16)31(65-14-22(34(58)42-12-28(53)54)46-25(50)8-6-19(39)37(60)61)17-4-3-5-18(30(17)57)32(33-41-11-24(49)36(48-33)64-2)66-15-23(35(59)43-13-29(55)56)47-26(51)9-7-20(40)38(62)63/h10-11,17-20,22-23,31-32,49H,3-9,12-15,39-40H2,1-2H3,(H,42,58)(H,43,59)(H,46,50)(H,47,51)(H,53,54)(H,55,56)(H,60,61)(H,62,63)(H,44,45,52)/t17?,18?,19-,20+,22-,23-,31?,32?/m0/s1. The predicted molar refractivity (Wildman–Crippen MR) is 231 cm³/mol. The van der Waals surface area contributed by atoms with Crippen LogP contribution in [0.1, 0.15) is 72.8 Å². The Balaban J connectivity index is 2.06. The average molecular weight is 969 g/mol. The van der Waals surface area contributed by atoms with E-state index in [1.54, 1.807) is 0 Å². The van der Waals surface area contributed by atoms with Crippen molar-refractivity contribution in [1.82, 2.24) is 41.2 Å². The number of carboxylic acid groups (broad SMARTS) is 4. The van der Waals surface area contributed by atoms with Gasteiger partial charge in [0.15, 0.2) is 5.75 Å². The van der Waals surface area contributed by atoms with E-state index in [0.29, 0.717) is 6.42 Å². The number of carbonyl (C=O) groups excluding carboxylic acids is 5. The SMILES string of the molecule is COc1nc(C(SC[C@H](NC(=O)CC[C@@H](N)C(=O)O)C(=O)NCC(=O)O)C2CCCC(C(SC[C@H](NC(=O)CC[C@H](N)C(=O)O)C(=O)NCC(=O)O)c3cc(=O)[nH]c(C)n3)C2=O)ncc1O. The molecule has 2 heterocycles. The number of aromatic amines is 1. The molecule has 0 radical (unpaired) electrons. The number of amides is 4. The Hall–Kier alpha value is -6.39. The molecule has 66 heavy (non-hydrogen) atoms. The minimum absolute atomic E-state index is 0.0630. The molecule has 0 saturated heterocycles. The monoisotopic (exact) mass is 968 g/mol. The zero-order chi connectivity index (χ0) is 49.2. The van der Waals surface area contributed by atoms with Gasteiger partial charge < -0.3 is 68.0 Å². The van der Waals surface area contributed by atoms with Crippen LogP contribution < -0.4 is 43.0 Å². The van der Waals surface area contributed by atoms with Gasteiger partial charge in [0, 0.05) is 42.2 Å². The highest BCUT2D eigenvalue weighted by Gasteiger charge is 2.44. The summed E-state index contributed by atoms with van der Waals surface area (Å²) >= 11 is 1.86. The van der Waals surface area contributed by atoms with Crippen LogP contribution in [0.2, 0.25) is 0 Å². The number of methoxy groups -OCH3 is 1. The van der Waals surface area contributed by atoms with Gasteiger partial charge in [-0.25, -0.2) is 9.97 Å². The lowest BCUT2D eigenvalue weighted by Crippen LogP contribution is -2.50. The fourth-order valence-corrected chi connectivity index (χ4v) is 9.42. The maximum absolute atomic E-state index is 15.0. The van der Waals surface area contributed by atoms with Crippen molar-refractivity contribution < 1.29 is 73.4 Å². The van der Waals surface area contributed by atoms with E-state index in [0.717, 1.165) is 35.8 Å². The van der Waals surface area contributed by atoms with E-state index in [9.17, 15) is 63.3 Å². The first-order chi connectivity index (χ1) is 31.1. The topological polar surface area (TPSA) is 436 Å². The highest BCUT2D eigenvalue weighted by atomic mass is 32.2. The van der Waals surface area contributed by atoms with Crippen molar-refractivity contribution in [3.63, 3.8) is 0 Å². The third kappa shape index (κ3) is 16.9. The van der Waals surface area contributed by atoms with Crippen LogP contribution in [0.4, 0.5) is 0 Å². The lowest BCUT2D eigenvalue weighted by molar-refractivity contribution is -0.140. The number of aromatic hydroxyl groups is 1. The molecule has 0 spiro atoms. The van der Waals surface area contributed by atoms with Crippen LogP contribution in [0, 0.1) is 18.8 Å². The van der Waals surface area contributed by atoms with Gasteiger partial charge in [-0.2, -0.15) is 4.98 Å². The van der Waals surface area contributed by atoms with Crippen molar-refractivity contribution in [1.29, 1.82) is 0 Å². The lowest BCUT2D eigenvalue weighted by Gasteiger charge is -2.36. The summed E-state index contributed by atoms with van der Waals surface area (Å²) in [5.74, 6) is -12.8. The van der Waals surface area contributed by atoms with E-state index in [2.05, 4.69) is 41.2 Å². The van der Waals surface area contributed by atoms with E-state index in [1.165, 1.54) is 14.0 Å². The Kier molecular flexibility index (Phi) is 21.2. The Bertz CT molecular complexity index is 2180. The van der Waals surface area contributed by atoms with E-state index in [-0.39, 0.29) is 60.4 Å². The molecule has 0 aromatic carbocycles. The Morgan fingerprint density at radius 1 is 0.803 bits per heavy atom. The molecular formula is C38H52N10O16S2. The highest BCUT2D eigenvalue weighted by Crippen LogP contribution is 2.48. The number of aliphatic carboxylic acids is 4. The Labute approximate surface area is 383 Å². The number of rotatable bonds is 27. The number of nitrogens with two attached hydrogens (primary N) is 2. The summed E-state index contributed by atoms with van der Waals surface area (Å²) in [4.78, 5) is 141. The quantitative estimate of drug-likeness (QED) is 0.0443. The minimum atomic E-state index is -1.47. The molecule has 4 amide bonds. The second-order valence-electron chi connectivity index (χ2n) is 14.9. The Morgan fingerprint density at radius 3 is 1.74 bits per heavy atom. The van der Waals surface area contributed by atoms with Gasteiger partial charge in [-0.05, 0) is 32.6 Å². The highest BCUT2D eigenvalue weighted by molar-refractivity contribution is 7.99. The number of ketones is 1. The molecule has 26 nitrogen and oxygen atoms in total. The number of H-pyrrole nitrogens is 1. The summed E-state index contributed by atoms with van der Waals surface area (Å²) in [7, 11) is 1.21. The molecule has 4 unspecified atom stereocenters. The molecule has 1 aliphatic rings. The first-order valence-corrected chi connectivity index (χ1v) is 22.2. The van der Waals surface area contributed by atoms with Gasteiger partial charge in [0.2, 0.25) is 23.6 Å². The number of Topliss-reactive ketones (excluding diaryl/α,β-unsaturated/α-hetero) is 1. The normalized spacial score (nSPS) is 17.4. The van der Waals surface area contributed by atoms with Crippen molar-refractivity contribution in [3.8, 4) is 11.6 Å². The molecular weight excluding hydrogens is 917 g/mol. The number of carbonyl (C=O) groups is 9. The van der Waals surface area contributed by atoms with Crippen molar-refractivity contribution in [2.75, 3.05) is 31.7 Å². The summed E-state index contributed by atoms with van der Waals surface area (Å²) in [6.07, 6.45) is 0.294. The number of aromatic nitrogens is 4. The van der Waals surface area contributed by atoms with Gasteiger partial charge in [0.05, 0.1) is 29.5 Å².